The summed E-state index contributed by atoms with van der Waals surface area (Å²) in [6.45, 7) is 0. The first kappa shape index (κ1) is 10.4. The number of carbonyl (C=O) groups excluding carboxylic acids is 1. The second-order valence-corrected chi connectivity index (χ2v) is 2.75. The molecule has 1 aromatic rings. The number of thiophene rings is 1. The van der Waals surface area contributed by atoms with E-state index in [1.54, 1.807) is 25.7 Å². The molecule has 1 heterocycles. The van der Waals surface area contributed by atoms with Crippen LogP contribution in [0.3, 0.4) is 0 Å². The van der Waals surface area contributed by atoms with Gasteiger partial charge in [-0.05, 0) is 11.4 Å². The molecule has 0 aliphatic rings. The third-order valence-electron chi connectivity index (χ3n) is 0.756. The number of ether oxygens (including phenoxy) is 1. The molecule has 0 unspecified atom stereocenters. The van der Waals surface area contributed by atoms with E-state index < -0.39 is 0 Å². The first-order valence-corrected chi connectivity index (χ1v) is 3.82. The first-order valence-electron chi connectivity index (χ1n) is 2.94. The predicted octanol–water partition coefficient (Wildman–Crippen LogP) is 0.617. The molecule has 0 aliphatic heterocycles. The zero-order valence-corrected chi connectivity index (χ0v) is 7.35. The minimum atomic E-state index is 0.664. The van der Waals surface area contributed by atoms with Gasteiger partial charge in [0.1, 0.15) is 7.85 Å². The summed E-state index contributed by atoms with van der Waals surface area (Å²) in [5.41, 5.74) is 0.664. The van der Waals surface area contributed by atoms with Gasteiger partial charge in [-0.2, -0.15) is 0 Å². The molecule has 4 heteroatoms. The number of methoxy groups -OCH3 is 1. The van der Waals surface area contributed by atoms with Gasteiger partial charge in [0, 0.05) is 14.2 Å². The Morgan fingerprint density at radius 1 is 1.64 bits per heavy atom. The van der Waals surface area contributed by atoms with Crippen LogP contribution in [-0.4, -0.2) is 28.4 Å². The highest BCUT2D eigenvalue weighted by molar-refractivity contribution is 7.12. The van der Waals surface area contributed by atoms with Gasteiger partial charge in [-0.3, -0.25) is 4.79 Å². The largest absolute Gasteiger partial charge is 0.388 e. The van der Waals surface area contributed by atoms with Crippen molar-refractivity contribution in [2.75, 3.05) is 14.2 Å². The molecule has 58 valence electrons. The average molecular weight is 168 g/mol. The van der Waals surface area contributed by atoms with Crippen LogP contribution in [0, 0.1) is 0 Å². The van der Waals surface area contributed by atoms with E-state index in [9.17, 15) is 4.79 Å². The van der Waals surface area contributed by atoms with Gasteiger partial charge in [0.15, 0.2) is 6.29 Å². The van der Waals surface area contributed by atoms with E-state index in [1.807, 2.05) is 0 Å². The lowest BCUT2D eigenvalue weighted by molar-refractivity contribution is 0.112. The van der Waals surface area contributed by atoms with E-state index in [0.29, 0.717) is 10.3 Å². The quantitative estimate of drug-likeness (QED) is 0.453. The Kier molecular flexibility index (Phi) is 5.79. The highest BCUT2D eigenvalue weighted by atomic mass is 32.1. The Bertz CT molecular complexity index is 210. The van der Waals surface area contributed by atoms with Crippen molar-refractivity contribution in [2.45, 2.75) is 0 Å². The third kappa shape index (κ3) is 4.75. The van der Waals surface area contributed by atoms with E-state index in [-0.39, 0.29) is 0 Å². The second kappa shape index (κ2) is 6.13. The Morgan fingerprint density at radius 2 is 2.18 bits per heavy atom. The minimum Gasteiger partial charge on any atom is -0.388 e. The molecule has 0 amide bonds. The lowest BCUT2D eigenvalue weighted by atomic mass is 10.0. The maximum absolute atomic E-state index is 9.97. The fourth-order valence-corrected chi connectivity index (χ4v) is 1.03. The minimum absolute atomic E-state index is 0.664. The lowest BCUT2D eigenvalue weighted by Crippen LogP contribution is -1.93. The molecule has 0 spiro atoms. The monoisotopic (exact) mass is 168 g/mol. The lowest BCUT2D eigenvalue weighted by Gasteiger charge is -1.70. The van der Waals surface area contributed by atoms with Crippen molar-refractivity contribution >= 4 is 30.9 Å². The third-order valence-corrected chi connectivity index (χ3v) is 1.63. The smallest absolute Gasteiger partial charge is 0.159 e. The average Bonchev–Trinajstić information content (AvgIpc) is 2.37. The van der Waals surface area contributed by atoms with Gasteiger partial charge in [0.2, 0.25) is 0 Å². The highest BCUT2D eigenvalue weighted by Crippen LogP contribution is 2.00. The number of hydrogen-bond acceptors (Lipinski definition) is 3. The van der Waals surface area contributed by atoms with Crippen LogP contribution in [0.5, 0.6) is 0 Å². The second-order valence-electron chi connectivity index (χ2n) is 1.81. The van der Waals surface area contributed by atoms with Crippen molar-refractivity contribution in [3.8, 4) is 0 Å². The number of hydrogen-bond donors (Lipinski definition) is 0. The Balaban J connectivity index is 0.000000292. The van der Waals surface area contributed by atoms with Gasteiger partial charge in [0.05, 0.1) is 4.88 Å². The van der Waals surface area contributed by atoms with Crippen molar-refractivity contribution in [1.29, 1.82) is 0 Å². The molecule has 0 fully saturated rings. The normalized spacial score (nSPS) is 8.18. The summed E-state index contributed by atoms with van der Waals surface area (Å²) < 4.78 is 4.25. The molecule has 2 nitrogen and oxygen atoms in total. The molecule has 0 atom stereocenters. The molecule has 1 rings (SSSR count). The van der Waals surface area contributed by atoms with Crippen LogP contribution in [0.25, 0.3) is 0 Å². The molecule has 0 aromatic carbocycles. The summed E-state index contributed by atoms with van der Waals surface area (Å²) in [5.74, 6) is 0. The van der Waals surface area contributed by atoms with E-state index in [0.717, 1.165) is 6.29 Å². The van der Waals surface area contributed by atoms with Crippen molar-refractivity contribution in [2.24, 2.45) is 0 Å². The number of rotatable bonds is 1. The van der Waals surface area contributed by atoms with Crippen LogP contribution in [0.1, 0.15) is 9.67 Å². The van der Waals surface area contributed by atoms with Crippen LogP contribution in [0.2, 0.25) is 0 Å². The topological polar surface area (TPSA) is 26.3 Å². The Labute approximate surface area is 71.6 Å². The van der Waals surface area contributed by atoms with E-state index in [1.165, 1.54) is 11.3 Å². The summed E-state index contributed by atoms with van der Waals surface area (Å²) in [4.78, 5) is 10.7. The SMILES string of the molecule is COC.[B]c1csc(C=O)c1. The molecule has 0 N–H and O–H groups in total. The van der Waals surface area contributed by atoms with Gasteiger partial charge in [-0.25, -0.2) is 0 Å². The fraction of sp³-hybridized carbons (Fsp3) is 0.286. The molecule has 0 saturated carbocycles. The van der Waals surface area contributed by atoms with Crippen LogP contribution >= 0.6 is 11.3 Å². The summed E-state index contributed by atoms with van der Waals surface area (Å²) in [7, 11) is 8.56. The predicted molar refractivity (Wildman–Crippen MR) is 48.0 cm³/mol. The molecule has 0 aliphatic carbocycles. The van der Waals surface area contributed by atoms with Gasteiger partial charge < -0.3 is 4.74 Å². The van der Waals surface area contributed by atoms with Crippen molar-refractivity contribution in [3.63, 3.8) is 0 Å². The van der Waals surface area contributed by atoms with Crippen LogP contribution in [0.4, 0.5) is 0 Å². The molecule has 0 bridgehead atoms. The summed E-state index contributed by atoms with van der Waals surface area (Å²) >= 11 is 1.36. The highest BCUT2D eigenvalue weighted by Gasteiger charge is 1.89. The summed E-state index contributed by atoms with van der Waals surface area (Å²) in [5, 5.41) is 1.74. The Morgan fingerprint density at radius 3 is 2.36 bits per heavy atom. The molecule has 2 radical (unpaired) electrons. The zero-order valence-electron chi connectivity index (χ0n) is 6.53. The van der Waals surface area contributed by atoms with E-state index in [2.05, 4.69) is 4.74 Å². The van der Waals surface area contributed by atoms with E-state index >= 15 is 0 Å². The van der Waals surface area contributed by atoms with Gasteiger partial charge in [0.25, 0.3) is 0 Å². The molecular formula is C7H9BO2S. The maximum atomic E-state index is 9.97. The summed E-state index contributed by atoms with van der Waals surface area (Å²) in [6.07, 6.45) is 0.793. The van der Waals surface area contributed by atoms with Crippen LogP contribution in [-0.2, 0) is 4.74 Å². The first-order chi connectivity index (χ1) is 5.24. The molecule has 11 heavy (non-hydrogen) atoms. The van der Waals surface area contributed by atoms with Crippen LogP contribution < -0.4 is 5.46 Å². The van der Waals surface area contributed by atoms with Crippen molar-refractivity contribution < 1.29 is 9.53 Å². The zero-order chi connectivity index (χ0) is 8.69. The summed E-state index contributed by atoms with van der Waals surface area (Å²) in [6, 6.07) is 1.65. The van der Waals surface area contributed by atoms with Crippen LogP contribution in [0.15, 0.2) is 11.4 Å². The maximum Gasteiger partial charge on any atom is 0.159 e. The standard InChI is InChI=1S/C5H3BOS.C2H6O/c6-4-1-5(2-7)8-3-4;1-3-2/h1-3H;1-2H3. The molecule has 0 saturated heterocycles. The van der Waals surface area contributed by atoms with Gasteiger partial charge in [-0.1, -0.05) is 5.46 Å². The Hall–Kier alpha value is -0.605. The fourth-order valence-electron chi connectivity index (χ4n) is 0.430. The molecule has 1 aromatic heterocycles. The molecular weight excluding hydrogens is 159 g/mol. The number of carbonyl (C=O) groups is 1. The van der Waals surface area contributed by atoms with Crippen molar-refractivity contribution in [1.82, 2.24) is 0 Å². The van der Waals surface area contributed by atoms with E-state index in [4.69, 9.17) is 7.85 Å². The van der Waals surface area contributed by atoms with Gasteiger partial charge >= 0.3 is 0 Å². The van der Waals surface area contributed by atoms with Gasteiger partial charge in [-0.15, -0.1) is 11.3 Å². The van der Waals surface area contributed by atoms with Crippen molar-refractivity contribution in [3.05, 3.63) is 16.3 Å². The number of aldehydes is 1.